The molecular formula is C17H35S. The summed E-state index contributed by atoms with van der Waals surface area (Å²) in [7, 11) is 0. The summed E-state index contributed by atoms with van der Waals surface area (Å²) in [5.74, 6) is 1.99. The van der Waals surface area contributed by atoms with Gasteiger partial charge in [0.15, 0.2) is 0 Å². The third-order valence-corrected chi connectivity index (χ3v) is 3.94. The zero-order valence-corrected chi connectivity index (χ0v) is 13.5. The minimum atomic E-state index is 1.18. The fourth-order valence-corrected chi connectivity index (χ4v) is 2.61. The van der Waals surface area contributed by atoms with Crippen LogP contribution in [0.1, 0.15) is 103 Å². The van der Waals surface area contributed by atoms with Gasteiger partial charge in [-0.05, 0) is 6.42 Å². The molecule has 0 nitrogen and oxygen atoms in total. The molecule has 0 spiro atoms. The van der Waals surface area contributed by atoms with E-state index < -0.39 is 0 Å². The molecule has 109 valence electrons. The first-order valence-electron chi connectivity index (χ1n) is 8.37. The first-order chi connectivity index (χ1) is 8.91. The Bertz CT molecular complexity index is 118. The quantitative estimate of drug-likeness (QED) is 0.242. The highest BCUT2D eigenvalue weighted by Gasteiger charge is 1.93. The number of rotatable bonds is 15. The Labute approximate surface area is 122 Å². The molecule has 0 saturated carbocycles. The van der Waals surface area contributed by atoms with Crippen LogP contribution in [0.5, 0.6) is 0 Å². The van der Waals surface area contributed by atoms with Gasteiger partial charge in [-0.15, -0.1) is 0 Å². The highest BCUT2D eigenvalue weighted by atomic mass is 32.1. The van der Waals surface area contributed by atoms with Gasteiger partial charge in [0.25, 0.3) is 0 Å². The maximum atomic E-state index is 4.11. The van der Waals surface area contributed by atoms with E-state index in [2.05, 4.69) is 19.6 Å². The van der Waals surface area contributed by atoms with Crippen LogP contribution < -0.4 is 0 Å². The topological polar surface area (TPSA) is 0 Å². The largest absolute Gasteiger partial charge is 0.175 e. The van der Waals surface area contributed by atoms with Crippen LogP contribution in [0, 0.1) is 5.75 Å². The molecule has 0 atom stereocenters. The van der Waals surface area contributed by atoms with Crippen LogP contribution in [0.15, 0.2) is 0 Å². The van der Waals surface area contributed by atoms with Gasteiger partial charge in [-0.2, -0.15) is 12.6 Å². The average Bonchev–Trinajstić information content (AvgIpc) is 2.39. The van der Waals surface area contributed by atoms with E-state index >= 15 is 0 Å². The molecule has 0 amide bonds. The second-order valence-corrected chi connectivity index (χ2v) is 5.93. The maximum Gasteiger partial charge on any atom is 0.0133 e. The Morgan fingerprint density at radius 3 is 1.22 bits per heavy atom. The van der Waals surface area contributed by atoms with Crippen LogP contribution >= 0.6 is 12.6 Å². The van der Waals surface area contributed by atoms with E-state index in [1.807, 2.05) is 5.75 Å². The molecule has 0 bridgehead atoms. The smallest absolute Gasteiger partial charge is 0.0133 e. The minimum Gasteiger partial charge on any atom is -0.175 e. The Balaban J connectivity index is 2.86. The molecule has 0 aliphatic carbocycles. The molecule has 0 N–H and O–H groups in total. The summed E-state index contributed by atoms with van der Waals surface area (Å²) < 4.78 is 0. The number of thiol groups is 1. The van der Waals surface area contributed by atoms with Crippen LogP contribution in [0.25, 0.3) is 0 Å². The molecule has 0 aromatic heterocycles. The highest BCUT2D eigenvalue weighted by Crippen LogP contribution is 2.13. The van der Waals surface area contributed by atoms with Crippen molar-refractivity contribution < 1.29 is 0 Å². The summed E-state index contributed by atoms with van der Waals surface area (Å²) in [6.45, 7) is 2.29. The molecule has 1 heteroatoms. The minimum absolute atomic E-state index is 1.18. The summed E-state index contributed by atoms with van der Waals surface area (Å²) in [6, 6.07) is 0. The van der Waals surface area contributed by atoms with Gasteiger partial charge in [0.05, 0.1) is 0 Å². The van der Waals surface area contributed by atoms with E-state index in [9.17, 15) is 0 Å². The monoisotopic (exact) mass is 271 g/mol. The van der Waals surface area contributed by atoms with Crippen LogP contribution in [0.2, 0.25) is 0 Å². The van der Waals surface area contributed by atoms with Crippen molar-refractivity contribution in [3.05, 3.63) is 5.75 Å². The maximum absolute atomic E-state index is 4.11. The first kappa shape index (κ1) is 18.4. The third-order valence-electron chi connectivity index (χ3n) is 3.69. The standard InChI is InChI=1S/C17H35S/c1-2-3-4-5-6-7-8-9-10-11-12-13-14-15-16-17-18/h17-18H,2-16H2,1H3. The van der Waals surface area contributed by atoms with Gasteiger partial charge in [-0.25, -0.2) is 0 Å². The summed E-state index contributed by atoms with van der Waals surface area (Å²) in [5.41, 5.74) is 0. The lowest BCUT2D eigenvalue weighted by Crippen LogP contribution is -1.83. The van der Waals surface area contributed by atoms with E-state index in [1.165, 1.54) is 96.3 Å². The molecule has 0 aromatic carbocycles. The predicted octanol–water partition coefficient (Wildman–Crippen LogP) is 6.95. The zero-order chi connectivity index (χ0) is 13.3. The van der Waals surface area contributed by atoms with Crippen molar-refractivity contribution in [2.75, 3.05) is 0 Å². The van der Waals surface area contributed by atoms with Crippen molar-refractivity contribution in [2.24, 2.45) is 0 Å². The number of hydrogen-bond acceptors (Lipinski definition) is 1. The highest BCUT2D eigenvalue weighted by molar-refractivity contribution is 7.82. The summed E-state index contributed by atoms with van der Waals surface area (Å²) >= 11 is 4.11. The van der Waals surface area contributed by atoms with Gasteiger partial charge in [-0.1, -0.05) is 96.8 Å². The van der Waals surface area contributed by atoms with Crippen molar-refractivity contribution >= 4 is 12.6 Å². The Kier molecular flexibility index (Phi) is 17.7. The van der Waals surface area contributed by atoms with Gasteiger partial charge in [0, 0.05) is 5.75 Å². The second kappa shape index (κ2) is 17.4. The van der Waals surface area contributed by atoms with Gasteiger partial charge >= 0.3 is 0 Å². The molecule has 1 radical (unpaired) electrons. The molecule has 0 aromatic rings. The summed E-state index contributed by atoms with van der Waals surface area (Å²) in [5, 5.41) is 0. The van der Waals surface area contributed by atoms with Crippen molar-refractivity contribution in [2.45, 2.75) is 103 Å². The normalized spacial score (nSPS) is 11.0. The zero-order valence-electron chi connectivity index (χ0n) is 12.6. The Morgan fingerprint density at radius 2 is 0.889 bits per heavy atom. The number of hydrogen-bond donors (Lipinski definition) is 1. The predicted molar refractivity (Wildman–Crippen MR) is 88.2 cm³/mol. The van der Waals surface area contributed by atoms with Gasteiger partial charge in [0.1, 0.15) is 0 Å². The molecule has 0 rings (SSSR count). The van der Waals surface area contributed by atoms with Gasteiger partial charge in [-0.3, -0.25) is 0 Å². The van der Waals surface area contributed by atoms with E-state index in [0.717, 1.165) is 0 Å². The molecular weight excluding hydrogens is 236 g/mol. The lowest BCUT2D eigenvalue weighted by molar-refractivity contribution is 0.536. The average molecular weight is 272 g/mol. The van der Waals surface area contributed by atoms with E-state index in [0.29, 0.717) is 0 Å². The fraction of sp³-hybridized carbons (Fsp3) is 0.941. The first-order valence-corrected chi connectivity index (χ1v) is 8.89. The molecule has 0 aliphatic rings. The molecule has 0 unspecified atom stereocenters. The molecule has 0 heterocycles. The summed E-state index contributed by atoms with van der Waals surface area (Å²) in [4.78, 5) is 0. The van der Waals surface area contributed by atoms with Crippen LogP contribution in [-0.4, -0.2) is 0 Å². The van der Waals surface area contributed by atoms with Crippen molar-refractivity contribution in [1.82, 2.24) is 0 Å². The lowest BCUT2D eigenvalue weighted by atomic mass is 10.0. The van der Waals surface area contributed by atoms with E-state index in [-0.39, 0.29) is 0 Å². The fourth-order valence-electron chi connectivity index (χ4n) is 2.43. The molecule has 0 fully saturated rings. The Hall–Kier alpha value is 0.350. The van der Waals surface area contributed by atoms with Crippen LogP contribution in [-0.2, 0) is 0 Å². The Morgan fingerprint density at radius 1 is 0.556 bits per heavy atom. The second-order valence-electron chi connectivity index (χ2n) is 5.57. The third kappa shape index (κ3) is 16.4. The van der Waals surface area contributed by atoms with Crippen molar-refractivity contribution in [3.8, 4) is 0 Å². The summed E-state index contributed by atoms with van der Waals surface area (Å²) in [6.07, 6.45) is 21.3. The lowest BCUT2D eigenvalue weighted by Gasteiger charge is -2.02. The number of unbranched alkanes of at least 4 members (excludes halogenated alkanes) is 14. The van der Waals surface area contributed by atoms with Crippen LogP contribution in [0.3, 0.4) is 0 Å². The molecule has 0 saturated heterocycles. The van der Waals surface area contributed by atoms with E-state index in [4.69, 9.17) is 0 Å². The molecule has 18 heavy (non-hydrogen) atoms. The molecule has 0 aliphatic heterocycles. The van der Waals surface area contributed by atoms with Gasteiger partial charge < -0.3 is 0 Å². The van der Waals surface area contributed by atoms with Crippen molar-refractivity contribution in [1.29, 1.82) is 0 Å². The SMILES string of the molecule is CCCCCCCCCCCCCCCC[CH]S. The van der Waals surface area contributed by atoms with E-state index in [1.54, 1.807) is 0 Å². The van der Waals surface area contributed by atoms with Crippen molar-refractivity contribution in [3.63, 3.8) is 0 Å². The van der Waals surface area contributed by atoms with Crippen LogP contribution in [0.4, 0.5) is 0 Å². The van der Waals surface area contributed by atoms with Gasteiger partial charge in [0.2, 0.25) is 0 Å².